The highest BCUT2D eigenvalue weighted by Gasteiger charge is 2.23. The summed E-state index contributed by atoms with van der Waals surface area (Å²) in [5, 5.41) is 14.6. The van der Waals surface area contributed by atoms with Gasteiger partial charge in [0.25, 0.3) is 10.0 Å². The minimum Gasteiger partial charge on any atom is -0.493 e. The third-order valence-electron chi connectivity index (χ3n) is 4.59. The molecule has 0 bridgehead atoms. The lowest BCUT2D eigenvalue weighted by atomic mass is 10.2. The number of aromatic nitrogens is 3. The molecule has 2 aromatic heterocycles. The van der Waals surface area contributed by atoms with Crippen LogP contribution in [0.1, 0.15) is 5.56 Å². The Balaban J connectivity index is 1.78. The summed E-state index contributed by atoms with van der Waals surface area (Å²) < 4.78 is 40.2. The van der Waals surface area contributed by atoms with Crippen LogP contribution in [0.25, 0.3) is 16.7 Å². The van der Waals surface area contributed by atoms with E-state index >= 15 is 0 Å². The van der Waals surface area contributed by atoms with Crippen molar-refractivity contribution in [2.75, 3.05) is 18.9 Å². The molecule has 4 aromatic rings. The first-order chi connectivity index (χ1) is 15.0. The van der Waals surface area contributed by atoms with Gasteiger partial charge in [-0.15, -0.1) is 0 Å². The highest BCUT2D eigenvalue weighted by Crippen LogP contribution is 2.31. The van der Waals surface area contributed by atoms with Crippen LogP contribution in [-0.4, -0.2) is 37.4 Å². The number of nitrogens with one attached hydrogen (secondary N) is 1. The first-order valence-corrected chi connectivity index (χ1v) is 10.5. The van der Waals surface area contributed by atoms with Crippen LogP contribution < -0.4 is 14.2 Å². The first-order valence-electron chi connectivity index (χ1n) is 9.06. The molecule has 0 saturated carbocycles. The molecule has 1 N–H and O–H groups in total. The number of para-hydroxylation sites is 1. The van der Waals surface area contributed by atoms with Crippen LogP contribution in [-0.2, 0) is 10.0 Å². The van der Waals surface area contributed by atoms with E-state index in [2.05, 4.69) is 14.8 Å². The summed E-state index contributed by atoms with van der Waals surface area (Å²) in [6.07, 6.45) is 1.28. The van der Waals surface area contributed by atoms with Crippen LogP contribution in [0, 0.1) is 11.3 Å². The molecule has 9 nitrogen and oxygen atoms in total. The van der Waals surface area contributed by atoms with Crippen LogP contribution in [0.2, 0.25) is 0 Å². The van der Waals surface area contributed by atoms with Gasteiger partial charge in [-0.05, 0) is 30.3 Å². The molecular formula is C21H17N5O4S. The summed E-state index contributed by atoms with van der Waals surface area (Å²) >= 11 is 0. The molecule has 2 aromatic carbocycles. The predicted octanol–water partition coefficient (Wildman–Crippen LogP) is 3.11. The van der Waals surface area contributed by atoms with Crippen molar-refractivity contribution >= 4 is 26.7 Å². The summed E-state index contributed by atoms with van der Waals surface area (Å²) in [6.45, 7) is 0. The number of benzene rings is 2. The van der Waals surface area contributed by atoms with Gasteiger partial charge in [0, 0.05) is 11.5 Å². The third kappa shape index (κ3) is 3.74. The van der Waals surface area contributed by atoms with Gasteiger partial charge in [-0.25, -0.2) is 13.4 Å². The average molecular weight is 435 g/mol. The van der Waals surface area contributed by atoms with Crippen molar-refractivity contribution in [2.45, 2.75) is 4.90 Å². The fraction of sp³-hybridized carbons (Fsp3) is 0.0952. The van der Waals surface area contributed by atoms with Gasteiger partial charge in [0.1, 0.15) is 11.6 Å². The lowest BCUT2D eigenvalue weighted by Gasteiger charge is -2.13. The van der Waals surface area contributed by atoms with Crippen molar-refractivity contribution < 1.29 is 17.9 Å². The number of anilines is 1. The molecule has 0 aliphatic heterocycles. The molecule has 2 heterocycles. The van der Waals surface area contributed by atoms with Crippen LogP contribution in [0.4, 0.5) is 5.82 Å². The summed E-state index contributed by atoms with van der Waals surface area (Å²) in [7, 11) is -1.20. The minimum absolute atomic E-state index is 0.0138. The number of pyridine rings is 1. The number of hydrogen-bond donors (Lipinski definition) is 1. The molecule has 0 amide bonds. The molecule has 10 heteroatoms. The average Bonchev–Trinajstić information content (AvgIpc) is 3.19. The Hall–Kier alpha value is -4.10. The minimum atomic E-state index is -4.07. The van der Waals surface area contributed by atoms with Crippen molar-refractivity contribution in [2.24, 2.45) is 0 Å². The summed E-state index contributed by atoms with van der Waals surface area (Å²) in [5.41, 5.74) is 0.765. The summed E-state index contributed by atoms with van der Waals surface area (Å²) in [4.78, 5) is 4.46. The number of sulfonamides is 1. The van der Waals surface area contributed by atoms with Gasteiger partial charge < -0.3 is 9.47 Å². The normalized spacial score (nSPS) is 11.1. The maximum atomic E-state index is 13.1. The second-order valence-corrected chi connectivity index (χ2v) is 8.10. The van der Waals surface area contributed by atoms with Crippen LogP contribution in [0.3, 0.4) is 0 Å². The quantitative estimate of drug-likeness (QED) is 0.494. The van der Waals surface area contributed by atoms with Gasteiger partial charge in [0.2, 0.25) is 0 Å². The van der Waals surface area contributed by atoms with Crippen molar-refractivity contribution in [1.29, 1.82) is 5.26 Å². The lowest BCUT2D eigenvalue weighted by Crippen LogP contribution is -2.17. The highest BCUT2D eigenvalue weighted by atomic mass is 32.2. The van der Waals surface area contributed by atoms with E-state index in [-0.39, 0.29) is 22.0 Å². The number of rotatable bonds is 6. The SMILES string of the molecule is COc1ccc(S(=O)(=O)Nc2c(C#N)cnn2-c2ccc3ccccc3n2)cc1OC. The number of ether oxygens (including phenoxy) is 2. The molecule has 4 rings (SSSR count). The Kier molecular flexibility index (Phi) is 5.19. The Morgan fingerprint density at radius 3 is 2.55 bits per heavy atom. The van der Waals surface area contributed by atoms with Gasteiger partial charge in [0.15, 0.2) is 23.1 Å². The molecule has 0 fully saturated rings. The van der Waals surface area contributed by atoms with E-state index < -0.39 is 10.0 Å². The van der Waals surface area contributed by atoms with Gasteiger partial charge in [0.05, 0.1) is 30.8 Å². The molecule has 0 aliphatic carbocycles. The van der Waals surface area contributed by atoms with Gasteiger partial charge >= 0.3 is 0 Å². The maximum absolute atomic E-state index is 13.1. The predicted molar refractivity (Wildman–Crippen MR) is 114 cm³/mol. The van der Waals surface area contributed by atoms with Gasteiger partial charge in [-0.3, -0.25) is 4.72 Å². The van der Waals surface area contributed by atoms with Gasteiger partial charge in [-0.2, -0.15) is 15.0 Å². The Labute approximate surface area is 178 Å². The van der Waals surface area contributed by atoms with E-state index in [4.69, 9.17) is 9.47 Å². The van der Waals surface area contributed by atoms with Crippen molar-refractivity contribution in [3.05, 3.63) is 66.4 Å². The zero-order valence-electron chi connectivity index (χ0n) is 16.6. The Morgan fingerprint density at radius 1 is 1.03 bits per heavy atom. The van der Waals surface area contributed by atoms with E-state index in [1.54, 1.807) is 6.07 Å². The van der Waals surface area contributed by atoms with E-state index in [0.29, 0.717) is 17.1 Å². The number of hydrogen-bond acceptors (Lipinski definition) is 7. The van der Waals surface area contributed by atoms with Crippen LogP contribution >= 0.6 is 0 Å². The number of methoxy groups -OCH3 is 2. The topological polar surface area (TPSA) is 119 Å². The molecule has 0 saturated heterocycles. The zero-order chi connectivity index (χ0) is 22.0. The van der Waals surface area contributed by atoms with Crippen molar-refractivity contribution in [1.82, 2.24) is 14.8 Å². The van der Waals surface area contributed by atoms with E-state index in [9.17, 15) is 13.7 Å². The molecule has 0 radical (unpaired) electrons. The van der Waals surface area contributed by atoms with E-state index in [0.717, 1.165) is 5.39 Å². The maximum Gasteiger partial charge on any atom is 0.263 e. The fourth-order valence-corrected chi connectivity index (χ4v) is 4.12. The second-order valence-electron chi connectivity index (χ2n) is 6.41. The van der Waals surface area contributed by atoms with E-state index in [1.165, 1.54) is 43.3 Å². The van der Waals surface area contributed by atoms with E-state index in [1.807, 2.05) is 36.4 Å². The highest BCUT2D eigenvalue weighted by molar-refractivity contribution is 7.92. The number of fused-ring (bicyclic) bond motifs is 1. The monoisotopic (exact) mass is 435 g/mol. The van der Waals surface area contributed by atoms with Crippen LogP contribution in [0.5, 0.6) is 11.5 Å². The Morgan fingerprint density at radius 2 is 1.81 bits per heavy atom. The molecular weight excluding hydrogens is 418 g/mol. The Bertz CT molecular complexity index is 1420. The number of nitriles is 1. The summed E-state index contributed by atoms with van der Waals surface area (Å²) in [5.74, 6) is 1.01. The fourth-order valence-electron chi connectivity index (χ4n) is 3.05. The second kappa shape index (κ2) is 7.97. The standard InChI is InChI=1S/C21H17N5O4S/c1-29-18-9-8-16(11-19(18)30-2)31(27,28)25-21-15(12-22)13-23-26(21)20-10-7-14-5-3-4-6-17(14)24-20/h3-11,13,25H,1-2H3. The molecule has 156 valence electrons. The molecule has 0 aliphatic rings. The molecule has 31 heavy (non-hydrogen) atoms. The number of nitrogens with zero attached hydrogens (tertiary/aromatic N) is 4. The molecule has 0 atom stereocenters. The largest absolute Gasteiger partial charge is 0.493 e. The molecule has 0 unspecified atom stereocenters. The van der Waals surface area contributed by atoms with Crippen molar-refractivity contribution in [3.8, 4) is 23.4 Å². The summed E-state index contributed by atoms with van der Waals surface area (Å²) in [6, 6.07) is 17.2. The zero-order valence-corrected chi connectivity index (χ0v) is 17.4. The van der Waals surface area contributed by atoms with Gasteiger partial charge in [-0.1, -0.05) is 18.2 Å². The smallest absolute Gasteiger partial charge is 0.263 e. The molecule has 0 spiro atoms. The van der Waals surface area contributed by atoms with Crippen LogP contribution in [0.15, 0.2) is 65.7 Å². The lowest BCUT2D eigenvalue weighted by molar-refractivity contribution is 0.354. The third-order valence-corrected chi connectivity index (χ3v) is 5.92. The van der Waals surface area contributed by atoms with Crippen molar-refractivity contribution in [3.63, 3.8) is 0 Å². The first kappa shape index (κ1) is 20.2.